The van der Waals surface area contributed by atoms with Crippen LogP contribution in [0.5, 0.6) is 11.5 Å². The van der Waals surface area contributed by atoms with Crippen LogP contribution in [-0.2, 0) is 14.3 Å². The molecule has 0 radical (unpaired) electrons. The Hall–Kier alpha value is -2.31. The van der Waals surface area contributed by atoms with Crippen molar-refractivity contribution < 1.29 is 22.1 Å². The first-order chi connectivity index (χ1) is 11.5. The van der Waals surface area contributed by atoms with Crippen molar-refractivity contribution >= 4 is 16.2 Å². The summed E-state index contributed by atoms with van der Waals surface area (Å²) < 4.78 is 40.5. The van der Waals surface area contributed by atoms with E-state index in [0.717, 1.165) is 18.2 Å². The lowest BCUT2D eigenvalue weighted by atomic mass is 10.0. The molecule has 0 bridgehead atoms. The summed E-state index contributed by atoms with van der Waals surface area (Å²) >= 11 is 0. The molecule has 1 heterocycles. The second kappa shape index (κ2) is 6.30. The van der Waals surface area contributed by atoms with E-state index in [-0.39, 0.29) is 4.90 Å². The Kier molecular flexibility index (Phi) is 4.34. The summed E-state index contributed by atoms with van der Waals surface area (Å²) in [6, 6.07) is 10.7. The van der Waals surface area contributed by atoms with E-state index < -0.39 is 16.2 Å². The van der Waals surface area contributed by atoms with E-state index in [2.05, 4.69) is 4.18 Å². The summed E-state index contributed by atoms with van der Waals surface area (Å²) in [6.45, 7) is 1.90. The van der Waals surface area contributed by atoms with Crippen molar-refractivity contribution in [2.75, 3.05) is 14.2 Å². The van der Waals surface area contributed by atoms with Gasteiger partial charge in [-0.05, 0) is 25.1 Å². The van der Waals surface area contributed by atoms with Crippen LogP contribution in [0.1, 0.15) is 22.8 Å². The highest BCUT2D eigenvalue weighted by Crippen LogP contribution is 2.40. The van der Waals surface area contributed by atoms with E-state index in [9.17, 15) is 8.42 Å². The second-order valence-electron chi connectivity index (χ2n) is 5.44. The van der Waals surface area contributed by atoms with E-state index in [4.69, 9.17) is 9.47 Å². The Morgan fingerprint density at radius 1 is 1.12 bits per heavy atom. The van der Waals surface area contributed by atoms with Gasteiger partial charge in [0, 0.05) is 11.1 Å². The molecular formula is C18H18O5S. The molecule has 1 aliphatic heterocycles. The van der Waals surface area contributed by atoms with Gasteiger partial charge in [-0.2, -0.15) is 8.42 Å². The molecule has 6 heteroatoms. The lowest BCUT2D eigenvalue weighted by molar-refractivity contribution is 0.234. The molecule has 0 saturated heterocycles. The molecule has 0 aliphatic carbocycles. The highest BCUT2D eigenvalue weighted by atomic mass is 32.2. The zero-order valence-corrected chi connectivity index (χ0v) is 14.5. The van der Waals surface area contributed by atoms with Crippen LogP contribution in [0.4, 0.5) is 0 Å². The molecule has 0 aromatic heterocycles. The van der Waals surface area contributed by atoms with Crippen LogP contribution in [0.25, 0.3) is 6.08 Å². The SMILES string of the molecule is COc1cccc2c1O[C@@H](c1cc(C)ccc1S(=O)(=O)OC)C=C2. The Labute approximate surface area is 141 Å². The van der Waals surface area contributed by atoms with Crippen molar-refractivity contribution in [3.8, 4) is 11.5 Å². The van der Waals surface area contributed by atoms with Crippen LogP contribution in [0, 0.1) is 6.92 Å². The zero-order chi connectivity index (χ0) is 17.3. The van der Waals surface area contributed by atoms with Crippen molar-refractivity contribution in [2.24, 2.45) is 0 Å². The highest BCUT2D eigenvalue weighted by molar-refractivity contribution is 7.86. The largest absolute Gasteiger partial charge is 0.493 e. The summed E-state index contributed by atoms with van der Waals surface area (Å²) in [4.78, 5) is 0.101. The summed E-state index contributed by atoms with van der Waals surface area (Å²) in [7, 11) is -1.12. The Balaban J connectivity index is 2.10. The normalized spacial score (nSPS) is 16.4. The van der Waals surface area contributed by atoms with Crippen molar-refractivity contribution in [3.63, 3.8) is 0 Å². The van der Waals surface area contributed by atoms with Crippen LogP contribution >= 0.6 is 0 Å². The highest BCUT2D eigenvalue weighted by Gasteiger charge is 2.27. The van der Waals surface area contributed by atoms with Gasteiger partial charge in [-0.3, -0.25) is 4.18 Å². The third-order valence-electron chi connectivity index (χ3n) is 3.89. The molecule has 2 aromatic rings. The van der Waals surface area contributed by atoms with E-state index >= 15 is 0 Å². The first kappa shape index (κ1) is 16.5. The van der Waals surface area contributed by atoms with Crippen molar-refractivity contribution in [2.45, 2.75) is 17.9 Å². The second-order valence-corrected chi connectivity index (χ2v) is 7.12. The van der Waals surface area contributed by atoms with Crippen LogP contribution in [-0.4, -0.2) is 22.6 Å². The van der Waals surface area contributed by atoms with Gasteiger partial charge >= 0.3 is 0 Å². The maximum absolute atomic E-state index is 12.2. The molecule has 24 heavy (non-hydrogen) atoms. The molecule has 2 aromatic carbocycles. The maximum atomic E-state index is 12.2. The van der Waals surface area contributed by atoms with Crippen LogP contribution in [0.3, 0.4) is 0 Å². The number of benzene rings is 2. The van der Waals surface area contributed by atoms with Gasteiger partial charge in [0.2, 0.25) is 0 Å². The summed E-state index contributed by atoms with van der Waals surface area (Å²) in [5.41, 5.74) is 2.35. The van der Waals surface area contributed by atoms with Crippen LogP contribution in [0.2, 0.25) is 0 Å². The average Bonchev–Trinajstić information content (AvgIpc) is 2.60. The monoisotopic (exact) mass is 346 g/mol. The number of ether oxygens (including phenoxy) is 2. The quantitative estimate of drug-likeness (QED) is 0.793. The van der Waals surface area contributed by atoms with Gasteiger partial charge in [-0.1, -0.05) is 35.9 Å². The fourth-order valence-corrected chi connectivity index (χ4v) is 3.56. The first-order valence-electron chi connectivity index (χ1n) is 7.39. The molecule has 1 aliphatic rings. The van der Waals surface area contributed by atoms with Gasteiger partial charge in [0.25, 0.3) is 10.1 Å². The van der Waals surface area contributed by atoms with Crippen molar-refractivity contribution in [3.05, 3.63) is 59.2 Å². The molecule has 0 spiro atoms. The van der Waals surface area contributed by atoms with Gasteiger partial charge in [0.15, 0.2) is 11.5 Å². The van der Waals surface area contributed by atoms with Crippen LogP contribution in [0.15, 0.2) is 47.4 Å². The van der Waals surface area contributed by atoms with Crippen molar-refractivity contribution in [1.29, 1.82) is 0 Å². The molecular weight excluding hydrogens is 328 g/mol. The molecule has 0 amide bonds. The number of hydrogen-bond donors (Lipinski definition) is 0. The summed E-state index contributed by atoms with van der Waals surface area (Å²) in [6.07, 6.45) is 3.18. The number of methoxy groups -OCH3 is 1. The fraction of sp³-hybridized carbons (Fsp3) is 0.222. The van der Waals surface area contributed by atoms with E-state index in [1.165, 1.54) is 0 Å². The average molecular weight is 346 g/mol. The molecule has 0 saturated carbocycles. The van der Waals surface area contributed by atoms with Crippen LogP contribution < -0.4 is 9.47 Å². The number of fused-ring (bicyclic) bond motifs is 1. The Bertz CT molecular complexity index is 900. The topological polar surface area (TPSA) is 61.8 Å². The van der Waals surface area contributed by atoms with Gasteiger partial charge in [-0.15, -0.1) is 0 Å². The van der Waals surface area contributed by atoms with Gasteiger partial charge < -0.3 is 9.47 Å². The number of para-hydroxylation sites is 1. The molecule has 5 nitrogen and oxygen atoms in total. The van der Waals surface area contributed by atoms with Gasteiger partial charge in [0.05, 0.1) is 14.2 Å². The summed E-state index contributed by atoms with van der Waals surface area (Å²) in [5, 5.41) is 0. The van der Waals surface area contributed by atoms with Crippen molar-refractivity contribution in [1.82, 2.24) is 0 Å². The van der Waals surface area contributed by atoms with Gasteiger partial charge in [-0.25, -0.2) is 0 Å². The molecule has 126 valence electrons. The Morgan fingerprint density at radius 2 is 1.92 bits per heavy atom. The number of aryl methyl sites for hydroxylation is 1. The minimum absolute atomic E-state index is 0.101. The number of hydrogen-bond acceptors (Lipinski definition) is 5. The molecule has 0 N–H and O–H groups in total. The summed E-state index contributed by atoms with van der Waals surface area (Å²) in [5.74, 6) is 1.19. The lowest BCUT2D eigenvalue weighted by Crippen LogP contribution is -2.15. The minimum atomic E-state index is -3.83. The third kappa shape index (κ3) is 2.90. The molecule has 1 atom stereocenters. The maximum Gasteiger partial charge on any atom is 0.297 e. The molecule has 0 unspecified atom stereocenters. The third-order valence-corrected chi connectivity index (χ3v) is 5.23. The molecule has 3 rings (SSSR count). The minimum Gasteiger partial charge on any atom is -0.493 e. The predicted octanol–water partition coefficient (Wildman–Crippen LogP) is 3.49. The standard InChI is InChI=1S/C18H18O5S/c1-12-7-10-17(24(19,20)22-3)14(11-12)15-9-8-13-5-4-6-16(21-2)18(13)23-15/h4-11,15H,1-3H3/t15-/m1/s1. The van der Waals surface area contributed by atoms with E-state index in [1.54, 1.807) is 31.4 Å². The zero-order valence-electron chi connectivity index (χ0n) is 13.6. The Morgan fingerprint density at radius 3 is 2.62 bits per heavy atom. The lowest BCUT2D eigenvalue weighted by Gasteiger charge is -2.25. The smallest absolute Gasteiger partial charge is 0.297 e. The van der Waals surface area contributed by atoms with Gasteiger partial charge in [0.1, 0.15) is 11.0 Å². The first-order valence-corrected chi connectivity index (χ1v) is 8.80. The fourth-order valence-electron chi connectivity index (χ4n) is 2.68. The predicted molar refractivity (Wildman–Crippen MR) is 90.8 cm³/mol. The number of rotatable bonds is 4. The van der Waals surface area contributed by atoms with E-state index in [1.807, 2.05) is 31.2 Å². The molecule has 0 fully saturated rings. The van der Waals surface area contributed by atoms with E-state index in [0.29, 0.717) is 17.1 Å².